The maximum absolute atomic E-state index is 11.9. The average molecular weight is 380 g/mol. The third kappa shape index (κ3) is 6.41. The van der Waals surface area contributed by atoms with E-state index in [2.05, 4.69) is 30.7 Å². The number of aliphatic imine (C=N–C) groups is 1. The van der Waals surface area contributed by atoms with Gasteiger partial charge < -0.3 is 24.8 Å². The number of aromatic nitrogens is 2. The van der Waals surface area contributed by atoms with Crippen LogP contribution in [0.3, 0.4) is 0 Å². The van der Waals surface area contributed by atoms with Crippen molar-refractivity contribution in [3.05, 3.63) is 11.7 Å². The molecule has 0 radical (unpaired) electrons. The second kappa shape index (κ2) is 8.14. The molecule has 9 nitrogen and oxygen atoms in total. The van der Waals surface area contributed by atoms with Crippen LogP contribution < -0.4 is 10.6 Å². The van der Waals surface area contributed by atoms with Gasteiger partial charge in [-0.25, -0.2) is 4.79 Å². The number of hydrogen-bond donors (Lipinski definition) is 2. The molecule has 1 fully saturated rings. The van der Waals surface area contributed by atoms with E-state index in [9.17, 15) is 4.79 Å². The maximum atomic E-state index is 11.9. The van der Waals surface area contributed by atoms with Crippen molar-refractivity contribution in [3.63, 3.8) is 0 Å². The van der Waals surface area contributed by atoms with Gasteiger partial charge in [0.15, 0.2) is 11.8 Å². The van der Waals surface area contributed by atoms with Gasteiger partial charge >= 0.3 is 6.09 Å². The first-order valence-corrected chi connectivity index (χ1v) is 9.26. The molecular weight excluding hydrogens is 348 g/mol. The number of alkyl carbamates (subject to hydrolysis) is 1. The molecule has 1 aliphatic rings. The van der Waals surface area contributed by atoms with Crippen LogP contribution in [0.4, 0.5) is 4.79 Å². The van der Waals surface area contributed by atoms with Gasteiger partial charge in [-0.15, -0.1) is 0 Å². The normalized spacial score (nSPS) is 18.6. The van der Waals surface area contributed by atoms with Crippen molar-refractivity contribution < 1.29 is 14.1 Å². The molecule has 2 heterocycles. The van der Waals surface area contributed by atoms with Crippen molar-refractivity contribution in [2.75, 3.05) is 20.1 Å². The Labute approximate surface area is 160 Å². The third-order valence-electron chi connectivity index (χ3n) is 3.93. The topological polar surface area (TPSA) is 105 Å². The van der Waals surface area contributed by atoms with Crippen molar-refractivity contribution >= 4 is 12.1 Å². The van der Waals surface area contributed by atoms with Gasteiger partial charge in [0.25, 0.3) is 0 Å². The van der Waals surface area contributed by atoms with E-state index in [0.717, 1.165) is 18.9 Å². The highest BCUT2D eigenvalue weighted by molar-refractivity contribution is 5.80. The molecule has 1 saturated heterocycles. The van der Waals surface area contributed by atoms with E-state index in [-0.39, 0.29) is 17.6 Å². The van der Waals surface area contributed by atoms with Crippen molar-refractivity contribution in [2.45, 2.75) is 71.6 Å². The SMILES string of the molecule is CN=C(NCc1noc(C(C)(C)C)n1)N1CCC(NC(=O)OC(C)(C)C)C1. The molecule has 1 atom stereocenters. The molecule has 2 N–H and O–H groups in total. The number of amides is 1. The lowest BCUT2D eigenvalue weighted by molar-refractivity contribution is 0.0507. The molecule has 0 bridgehead atoms. The van der Waals surface area contributed by atoms with E-state index in [4.69, 9.17) is 9.26 Å². The molecule has 9 heteroatoms. The first-order chi connectivity index (χ1) is 12.5. The molecule has 0 aromatic carbocycles. The molecule has 0 aliphatic carbocycles. The quantitative estimate of drug-likeness (QED) is 0.611. The van der Waals surface area contributed by atoms with Gasteiger partial charge in [0.1, 0.15) is 5.60 Å². The minimum Gasteiger partial charge on any atom is -0.444 e. The average Bonchev–Trinajstić information content (AvgIpc) is 3.15. The Hall–Kier alpha value is -2.32. The van der Waals surface area contributed by atoms with Crippen LogP contribution in [-0.4, -0.2) is 58.9 Å². The molecule has 1 aliphatic heterocycles. The summed E-state index contributed by atoms with van der Waals surface area (Å²) in [5, 5.41) is 10.2. The highest BCUT2D eigenvalue weighted by atomic mass is 16.6. The Morgan fingerprint density at radius 2 is 2.04 bits per heavy atom. The molecular formula is C18H32N6O3. The van der Waals surface area contributed by atoms with E-state index >= 15 is 0 Å². The summed E-state index contributed by atoms with van der Waals surface area (Å²) in [6, 6.07) is 0.0241. The summed E-state index contributed by atoms with van der Waals surface area (Å²) in [4.78, 5) is 22.8. The first-order valence-electron chi connectivity index (χ1n) is 9.26. The molecule has 2 rings (SSSR count). The number of guanidine groups is 1. The van der Waals surface area contributed by atoms with E-state index in [0.29, 0.717) is 24.8 Å². The van der Waals surface area contributed by atoms with Crippen molar-refractivity contribution in [3.8, 4) is 0 Å². The van der Waals surface area contributed by atoms with Crippen molar-refractivity contribution in [2.24, 2.45) is 4.99 Å². The lowest BCUT2D eigenvalue weighted by Gasteiger charge is -2.23. The summed E-state index contributed by atoms with van der Waals surface area (Å²) < 4.78 is 10.6. The highest BCUT2D eigenvalue weighted by Crippen LogP contribution is 2.19. The van der Waals surface area contributed by atoms with Gasteiger partial charge in [-0.05, 0) is 27.2 Å². The minimum atomic E-state index is -0.504. The van der Waals surface area contributed by atoms with Crippen LogP contribution in [0, 0.1) is 0 Å². The Kier molecular flexibility index (Phi) is 6.33. The third-order valence-corrected chi connectivity index (χ3v) is 3.93. The lowest BCUT2D eigenvalue weighted by Crippen LogP contribution is -2.44. The van der Waals surface area contributed by atoms with Gasteiger partial charge in [-0.1, -0.05) is 25.9 Å². The van der Waals surface area contributed by atoms with Crippen LogP contribution in [0.15, 0.2) is 9.52 Å². The number of hydrogen-bond acceptors (Lipinski definition) is 6. The zero-order valence-electron chi connectivity index (χ0n) is 17.4. The van der Waals surface area contributed by atoms with Crippen LogP contribution in [-0.2, 0) is 16.7 Å². The maximum Gasteiger partial charge on any atom is 0.407 e. The number of rotatable bonds is 3. The number of likely N-dealkylation sites (tertiary alicyclic amines) is 1. The Bertz CT molecular complexity index is 671. The summed E-state index contributed by atoms with van der Waals surface area (Å²) >= 11 is 0. The summed E-state index contributed by atoms with van der Waals surface area (Å²) in [6.07, 6.45) is 0.440. The number of carbonyl (C=O) groups excluding carboxylic acids is 1. The molecule has 1 unspecified atom stereocenters. The zero-order valence-corrected chi connectivity index (χ0v) is 17.4. The lowest BCUT2D eigenvalue weighted by atomic mass is 9.97. The van der Waals surface area contributed by atoms with Gasteiger partial charge in [0, 0.05) is 25.6 Å². The van der Waals surface area contributed by atoms with Crippen LogP contribution >= 0.6 is 0 Å². The van der Waals surface area contributed by atoms with E-state index in [1.807, 2.05) is 41.5 Å². The molecule has 27 heavy (non-hydrogen) atoms. The van der Waals surface area contributed by atoms with Crippen molar-refractivity contribution in [1.82, 2.24) is 25.7 Å². The molecule has 0 saturated carbocycles. The number of nitrogens with zero attached hydrogens (tertiary/aromatic N) is 4. The summed E-state index contributed by atoms with van der Waals surface area (Å²) in [5.74, 6) is 1.94. The summed E-state index contributed by atoms with van der Waals surface area (Å²) in [5.41, 5.74) is -0.682. The highest BCUT2D eigenvalue weighted by Gasteiger charge is 2.28. The fourth-order valence-electron chi connectivity index (χ4n) is 2.67. The molecule has 1 aromatic heterocycles. The second-order valence-electron chi connectivity index (χ2n) is 8.74. The summed E-state index contributed by atoms with van der Waals surface area (Å²) in [7, 11) is 1.73. The van der Waals surface area contributed by atoms with Crippen LogP contribution in [0.1, 0.15) is 59.7 Å². The Morgan fingerprint density at radius 1 is 1.33 bits per heavy atom. The standard InChI is InChI=1S/C18H32N6O3/c1-17(2,3)14-22-13(23-27-14)10-20-15(19-7)24-9-8-12(11-24)21-16(25)26-18(4,5)6/h12H,8-11H2,1-7H3,(H,19,20)(H,21,25). The van der Waals surface area contributed by atoms with Crippen LogP contribution in [0.25, 0.3) is 0 Å². The predicted molar refractivity (Wildman–Crippen MR) is 103 cm³/mol. The Morgan fingerprint density at radius 3 is 2.59 bits per heavy atom. The molecule has 152 valence electrons. The van der Waals surface area contributed by atoms with E-state index in [1.165, 1.54) is 0 Å². The monoisotopic (exact) mass is 380 g/mol. The fraction of sp³-hybridized carbons (Fsp3) is 0.778. The first kappa shape index (κ1) is 21.0. The minimum absolute atomic E-state index is 0.0241. The Balaban J connectivity index is 1.84. The van der Waals surface area contributed by atoms with E-state index < -0.39 is 5.60 Å². The summed E-state index contributed by atoms with van der Waals surface area (Å²) in [6.45, 7) is 13.5. The number of ether oxygens (including phenoxy) is 1. The van der Waals surface area contributed by atoms with Gasteiger partial charge in [0.05, 0.1) is 12.6 Å². The van der Waals surface area contributed by atoms with Gasteiger partial charge in [-0.2, -0.15) is 4.98 Å². The number of nitrogens with one attached hydrogen (secondary N) is 2. The fourth-order valence-corrected chi connectivity index (χ4v) is 2.67. The number of carbonyl (C=O) groups is 1. The zero-order chi connectivity index (χ0) is 20.2. The molecule has 1 aromatic rings. The largest absolute Gasteiger partial charge is 0.444 e. The van der Waals surface area contributed by atoms with E-state index in [1.54, 1.807) is 7.05 Å². The van der Waals surface area contributed by atoms with Crippen LogP contribution in [0.5, 0.6) is 0 Å². The van der Waals surface area contributed by atoms with Gasteiger partial charge in [0.2, 0.25) is 5.89 Å². The van der Waals surface area contributed by atoms with Crippen molar-refractivity contribution in [1.29, 1.82) is 0 Å². The molecule has 1 amide bonds. The molecule has 0 spiro atoms. The smallest absolute Gasteiger partial charge is 0.407 e. The van der Waals surface area contributed by atoms with Crippen LogP contribution in [0.2, 0.25) is 0 Å². The predicted octanol–water partition coefficient (Wildman–Crippen LogP) is 2.04. The second-order valence-corrected chi connectivity index (χ2v) is 8.74. The van der Waals surface area contributed by atoms with Gasteiger partial charge in [-0.3, -0.25) is 4.99 Å².